The van der Waals surface area contributed by atoms with Gasteiger partial charge in [-0.25, -0.2) is 0 Å². The van der Waals surface area contributed by atoms with Crippen molar-refractivity contribution in [3.8, 4) is 0 Å². The van der Waals surface area contributed by atoms with Gasteiger partial charge < -0.3 is 10.6 Å². The molecule has 0 amide bonds. The highest BCUT2D eigenvalue weighted by Crippen LogP contribution is 2.11. The molecule has 1 aliphatic rings. The van der Waals surface area contributed by atoms with Gasteiger partial charge in [0.15, 0.2) is 0 Å². The number of likely N-dealkylation sites (N-methyl/N-ethyl adjacent to an activating group) is 2. The first kappa shape index (κ1) is 9.96. The molecule has 2 atom stereocenters. The number of nitrogens with zero attached hydrogens (tertiary/aromatic N) is 2. The minimum absolute atomic E-state index is 0.566. The first-order chi connectivity index (χ1) is 5.69. The fraction of sp³-hybridized carbons (Fsp3) is 1.00. The van der Waals surface area contributed by atoms with Gasteiger partial charge in [-0.2, -0.15) is 0 Å². The third-order valence-electron chi connectivity index (χ3n) is 2.94. The lowest BCUT2D eigenvalue weighted by atomic mass is 10.1. The van der Waals surface area contributed by atoms with E-state index in [1.165, 1.54) is 0 Å². The van der Waals surface area contributed by atoms with E-state index in [0.717, 1.165) is 26.2 Å². The normalized spacial score (nSPS) is 34.0. The van der Waals surface area contributed by atoms with Gasteiger partial charge in [0.2, 0.25) is 0 Å². The van der Waals surface area contributed by atoms with Gasteiger partial charge in [-0.1, -0.05) is 6.92 Å². The quantitative estimate of drug-likeness (QED) is 0.633. The number of hydrogen-bond acceptors (Lipinski definition) is 3. The fourth-order valence-corrected chi connectivity index (χ4v) is 1.87. The predicted octanol–water partition coefficient (Wildman–Crippen LogP) is -0.0305. The van der Waals surface area contributed by atoms with E-state index in [1.54, 1.807) is 0 Å². The molecule has 0 bridgehead atoms. The second-order valence-electron chi connectivity index (χ2n) is 3.77. The van der Waals surface area contributed by atoms with E-state index in [-0.39, 0.29) is 0 Å². The van der Waals surface area contributed by atoms with Crippen LogP contribution in [-0.4, -0.2) is 55.1 Å². The van der Waals surface area contributed by atoms with E-state index in [1.807, 2.05) is 0 Å². The minimum atomic E-state index is 0.566. The van der Waals surface area contributed by atoms with Gasteiger partial charge in [-0.05, 0) is 20.5 Å². The largest absolute Gasteiger partial charge is 0.329 e. The van der Waals surface area contributed by atoms with Crippen molar-refractivity contribution in [3.05, 3.63) is 0 Å². The molecule has 72 valence electrons. The second-order valence-corrected chi connectivity index (χ2v) is 3.77. The van der Waals surface area contributed by atoms with Gasteiger partial charge in [-0.3, -0.25) is 4.90 Å². The van der Waals surface area contributed by atoms with Crippen LogP contribution in [0.1, 0.15) is 13.8 Å². The van der Waals surface area contributed by atoms with Gasteiger partial charge in [0.25, 0.3) is 0 Å². The van der Waals surface area contributed by atoms with E-state index in [4.69, 9.17) is 5.73 Å². The molecule has 0 saturated carbocycles. The summed E-state index contributed by atoms with van der Waals surface area (Å²) >= 11 is 0. The van der Waals surface area contributed by atoms with Crippen LogP contribution in [0.3, 0.4) is 0 Å². The Labute approximate surface area is 75.5 Å². The summed E-state index contributed by atoms with van der Waals surface area (Å²) < 4.78 is 0. The van der Waals surface area contributed by atoms with Crippen LogP contribution in [-0.2, 0) is 0 Å². The minimum Gasteiger partial charge on any atom is -0.329 e. The monoisotopic (exact) mass is 171 g/mol. The van der Waals surface area contributed by atoms with Crippen molar-refractivity contribution in [2.45, 2.75) is 25.9 Å². The van der Waals surface area contributed by atoms with E-state index < -0.39 is 0 Å². The van der Waals surface area contributed by atoms with E-state index >= 15 is 0 Å². The SMILES string of the molecule is CCN1CC(C)N(C)CC1CN. The van der Waals surface area contributed by atoms with Crippen LogP contribution in [0.5, 0.6) is 0 Å². The van der Waals surface area contributed by atoms with E-state index in [2.05, 4.69) is 30.7 Å². The maximum absolute atomic E-state index is 5.71. The van der Waals surface area contributed by atoms with Crippen molar-refractivity contribution >= 4 is 0 Å². The zero-order chi connectivity index (χ0) is 9.14. The Kier molecular flexibility index (Phi) is 3.50. The van der Waals surface area contributed by atoms with Crippen molar-refractivity contribution < 1.29 is 0 Å². The first-order valence-corrected chi connectivity index (χ1v) is 4.83. The summed E-state index contributed by atoms with van der Waals surface area (Å²) in [6.45, 7) is 8.67. The van der Waals surface area contributed by atoms with Crippen LogP contribution in [0.4, 0.5) is 0 Å². The molecule has 1 saturated heterocycles. The summed E-state index contributed by atoms with van der Waals surface area (Å²) in [5, 5.41) is 0. The standard InChI is InChI=1S/C9H21N3/c1-4-12-6-8(2)11(3)7-9(12)5-10/h8-9H,4-7,10H2,1-3H3. The molecule has 3 heteroatoms. The highest BCUT2D eigenvalue weighted by molar-refractivity contribution is 4.84. The van der Waals surface area contributed by atoms with Crippen molar-refractivity contribution in [1.29, 1.82) is 0 Å². The molecule has 0 aromatic rings. The molecule has 3 nitrogen and oxygen atoms in total. The number of nitrogens with two attached hydrogens (primary N) is 1. The van der Waals surface area contributed by atoms with Gasteiger partial charge in [0.1, 0.15) is 0 Å². The Balaban J connectivity index is 2.52. The molecule has 0 spiro atoms. The number of hydrogen-bond donors (Lipinski definition) is 1. The second kappa shape index (κ2) is 4.21. The van der Waals surface area contributed by atoms with Crippen molar-refractivity contribution in [2.24, 2.45) is 5.73 Å². The van der Waals surface area contributed by atoms with Crippen LogP contribution in [0.25, 0.3) is 0 Å². The molecule has 0 aromatic heterocycles. The van der Waals surface area contributed by atoms with Crippen LogP contribution >= 0.6 is 0 Å². The molecule has 1 aliphatic heterocycles. The van der Waals surface area contributed by atoms with Crippen LogP contribution in [0.15, 0.2) is 0 Å². The maximum atomic E-state index is 5.71. The summed E-state index contributed by atoms with van der Waals surface area (Å²) in [5.41, 5.74) is 5.71. The number of rotatable bonds is 2. The molecule has 12 heavy (non-hydrogen) atoms. The van der Waals surface area contributed by atoms with Crippen molar-refractivity contribution in [1.82, 2.24) is 9.80 Å². The molecule has 0 aliphatic carbocycles. The predicted molar refractivity (Wildman–Crippen MR) is 52.2 cm³/mol. The third kappa shape index (κ3) is 1.97. The zero-order valence-electron chi connectivity index (χ0n) is 8.45. The first-order valence-electron chi connectivity index (χ1n) is 4.83. The maximum Gasteiger partial charge on any atom is 0.0346 e. The summed E-state index contributed by atoms with van der Waals surface area (Å²) in [6.07, 6.45) is 0. The highest BCUT2D eigenvalue weighted by Gasteiger charge is 2.26. The van der Waals surface area contributed by atoms with E-state index in [0.29, 0.717) is 12.1 Å². The van der Waals surface area contributed by atoms with E-state index in [9.17, 15) is 0 Å². The molecule has 1 fully saturated rings. The van der Waals surface area contributed by atoms with Gasteiger partial charge in [0.05, 0.1) is 0 Å². The smallest absolute Gasteiger partial charge is 0.0346 e. The Morgan fingerprint density at radius 2 is 2.08 bits per heavy atom. The molecule has 2 N–H and O–H groups in total. The highest BCUT2D eigenvalue weighted by atomic mass is 15.3. The Hall–Kier alpha value is -0.120. The molecule has 1 rings (SSSR count). The lowest BCUT2D eigenvalue weighted by molar-refractivity contribution is 0.0597. The molecule has 0 aromatic carbocycles. The van der Waals surface area contributed by atoms with Gasteiger partial charge >= 0.3 is 0 Å². The topological polar surface area (TPSA) is 32.5 Å². The summed E-state index contributed by atoms with van der Waals surface area (Å²) in [5.74, 6) is 0. The molecule has 1 heterocycles. The third-order valence-corrected chi connectivity index (χ3v) is 2.94. The summed E-state index contributed by atoms with van der Waals surface area (Å²) in [4.78, 5) is 4.87. The summed E-state index contributed by atoms with van der Waals surface area (Å²) in [6, 6.07) is 1.24. The molecule has 2 unspecified atom stereocenters. The summed E-state index contributed by atoms with van der Waals surface area (Å²) in [7, 11) is 2.18. The average molecular weight is 171 g/mol. The van der Waals surface area contributed by atoms with Gasteiger partial charge in [-0.15, -0.1) is 0 Å². The number of piperazine rings is 1. The Morgan fingerprint density at radius 1 is 1.42 bits per heavy atom. The Bertz CT molecular complexity index is 122. The van der Waals surface area contributed by atoms with Crippen LogP contribution in [0.2, 0.25) is 0 Å². The van der Waals surface area contributed by atoms with Crippen LogP contribution in [0, 0.1) is 0 Å². The lowest BCUT2D eigenvalue weighted by Gasteiger charge is -2.43. The van der Waals surface area contributed by atoms with Crippen molar-refractivity contribution in [3.63, 3.8) is 0 Å². The molecule has 0 radical (unpaired) electrons. The average Bonchev–Trinajstić information content (AvgIpc) is 2.09. The molecular weight excluding hydrogens is 150 g/mol. The molecular formula is C9H21N3. The van der Waals surface area contributed by atoms with Gasteiger partial charge in [0, 0.05) is 31.7 Å². The van der Waals surface area contributed by atoms with Crippen molar-refractivity contribution in [2.75, 3.05) is 33.2 Å². The Morgan fingerprint density at radius 3 is 2.58 bits per heavy atom. The lowest BCUT2D eigenvalue weighted by Crippen LogP contribution is -2.58. The zero-order valence-corrected chi connectivity index (χ0v) is 8.45. The fourth-order valence-electron chi connectivity index (χ4n) is 1.87. The van der Waals surface area contributed by atoms with Crippen LogP contribution < -0.4 is 5.73 Å².